The molecule has 2 heterocycles. The Hall–Kier alpha value is -0.420. The van der Waals surface area contributed by atoms with Crippen molar-refractivity contribution in [1.29, 1.82) is 0 Å². The molecule has 0 bridgehead atoms. The molecule has 2 rings (SSSR count). The molecule has 0 aromatic carbocycles. The van der Waals surface area contributed by atoms with Gasteiger partial charge < -0.3 is 10.1 Å². The molecule has 1 aromatic rings. The summed E-state index contributed by atoms with van der Waals surface area (Å²) in [6, 6.07) is 1.91. The van der Waals surface area contributed by atoms with Gasteiger partial charge in [-0.25, -0.2) is 9.97 Å². The van der Waals surface area contributed by atoms with Gasteiger partial charge in [0.2, 0.25) is 0 Å². The standard InChI is InChI=1S/C9H13N3O.2ClH/c1-7-11-3-2-8(12-7)9-6-10-4-5-13-9;;/h2-3,9-10H,4-6H2,1H3;2*1H. The fourth-order valence-electron chi connectivity index (χ4n) is 1.41. The summed E-state index contributed by atoms with van der Waals surface area (Å²) >= 11 is 0. The van der Waals surface area contributed by atoms with Gasteiger partial charge in [-0.15, -0.1) is 24.8 Å². The predicted molar refractivity (Wildman–Crippen MR) is 62.8 cm³/mol. The van der Waals surface area contributed by atoms with Crippen LogP contribution < -0.4 is 5.32 Å². The summed E-state index contributed by atoms with van der Waals surface area (Å²) in [6.45, 7) is 4.42. The summed E-state index contributed by atoms with van der Waals surface area (Å²) in [5, 5.41) is 3.27. The van der Waals surface area contributed by atoms with Crippen molar-refractivity contribution in [2.45, 2.75) is 13.0 Å². The van der Waals surface area contributed by atoms with E-state index in [1.165, 1.54) is 0 Å². The number of aromatic nitrogens is 2. The molecule has 1 aliphatic heterocycles. The minimum absolute atomic E-state index is 0. The number of morpholine rings is 1. The first-order chi connectivity index (χ1) is 6.36. The van der Waals surface area contributed by atoms with Gasteiger partial charge in [0.05, 0.1) is 12.3 Å². The zero-order chi connectivity index (χ0) is 9.10. The number of halogens is 2. The first kappa shape index (κ1) is 14.6. The Labute approximate surface area is 102 Å². The fraction of sp³-hybridized carbons (Fsp3) is 0.556. The minimum atomic E-state index is 0. The molecule has 1 N–H and O–H groups in total. The summed E-state index contributed by atoms with van der Waals surface area (Å²) in [6.07, 6.45) is 1.87. The molecule has 0 radical (unpaired) electrons. The molecule has 86 valence electrons. The number of ether oxygens (including phenoxy) is 1. The Morgan fingerprint density at radius 2 is 2.27 bits per heavy atom. The maximum absolute atomic E-state index is 5.57. The Morgan fingerprint density at radius 3 is 2.87 bits per heavy atom. The largest absolute Gasteiger partial charge is 0.369 e. The first-order valence-corrected chi connectivity index (χ1v) is 4.48. The van der Waals surface area contributed by atoms with Crippen molar-refractivity contribution in [2.75, 3.05) is 19.7 Å². The van der Waals surface area contributed by atoms with Gasteiger partial charge in [-0.2, -0.15) is 0 Å². The zero-order valence-electron chi connectivity index (χ0n) is 8.47. The molecule has 1 aromatic heterocycles. The lowest BCUT2D eigenvalue weighted by atomic mass is 10.2. The minimum Gasteiger partial charge on any atom is -0.369 e. The summed E-state index contributed by atoms with van der Waals surface area (Å²) in [7, 11) is 0. The molecule has 1 atom stereocenters. The number of rotatable bonds is 1. The van der Waals surface area contributed by atoms with Gasteiger partial charge in [0.25, 0.3) is 0 Å². The van der Waals surface area contributed by atoms with Crippen LogP contribution in [0.15, 0.2) is 12.3 Å². The second kappa shape index (κ2) is 6.95. The van der Waals surface area contributed by atoms with Crippen LogP contribution in [0.3, 0.4) is 0 Å². The lowest BCUT2D eigenvalue weighted by molar-refractivity contribution is 0.0248. The summed E-state index contributed by atoms with van der Waals surface area (Å²) < 4.78 is 5.57. The molecule has 15 heavy (non-hydrogen) atoms. The lowest BCUT2D eigenvalue weighted by Gasteiger charge is -2.22. The van der Waals surface area contributed by atoms with Crippen LogP contribution in [-0.2, 0) is 4.74 Å². The maximum Gasteiger partial charge on any atom is 0.125 e. The average Bonchev–Trinajstić information content (AvgIpc) is 2.19. The molecule has 1 unspecified atom stereocenters. The van der Waals surface area contributed by atoms with E-state index in [9.17, 15) is 0 Å². The van der Waals surface area contributed by atoms with Crippen molar-refractivity contribution >= 4 is 24.8 Å². The van der Waals surface area contributed by atoms with Gasteiger partial charge in [-0.05, 0) is 13.0 Å². The quantitative estimate of drug-likeness (QED) is 0.818. The van der Waals surface area contributed by atoms with Gasteiger partial charge in [-0.3, -0.25) is 0 Å². The van der Waals surface area contributed by atoms with Gasteiger partial charge in [0, 0.05) is 19.3 Å². The monoisotopic (exact) mass is 251 g/mol. The number of hydrogen-bond acceptors (Lipinski definition) is 4. The molecule has 6 heteroatoms. The third kappa shape index (κ3) is 3.91. The van der Waals surface area contributed by atoms with Gasteiger partial charge in [-0.1, -0.05) is 0 Å². The van der Waals surface area contributed by atoms with Gasteiger partial charge in [0.15, 0.2) is 0 Å². The molecule has 0 saturated carbocycles. The average molecular weight is 252 g/mol. The van der Waals surface area contributed by atoms with Crippen molar-refractivity contribution in [3.8, 4) is 0 Å². The van der Waals surface area contributed by atoms with Crippen LogP contribution in [0.25, 0.3) is 0 Å². The van der Waals surface area contributed by atoms with E-state index in [2.05, 4.69) is 15.3 Å². The normalized spacial score (nSPS) is 19.9. The molecule has 1 fully saturated rings. The van der Waals surface area contributed by atoms with E-state index in [1.807, 2.05) is 13.0 Å². The second-order valence-corrected chi connectivity index (χ2v) is 3.09. The second-order valence-electron chi connectivity index (χ2n) is 3.09. The number of hydrogen-bond donors (Lipinski definition) is 1. The third-order valence-corrected chi connectivity index (χ3v) is 2.06. The van der Waals surface area contributed by atoms with Crippen molar-refractivity contribution in [2.24, 2.45) is 0 Å². The third-order valence-electron chi connectivity index (χ3n) is 2.06. The molecule has 1 aliphatic rings. The van der Waals surface area contributed by atoms with E-state index in [4.69, 9.17) is 4.74 Å². The SMILES string of the molecule is Cc1nccc(C2CNCCO2)n1.Cl.Cl. The number of nitrogens with one attached hydrogen (secondary N) is 1. The van der Waals surface area contributed by atoms with E-state index in [0.29, 0.717) is 0 Å². The smallest absolute Gasteiger partial charge is 0.125 e. The molecule has 4 nitrogen and oxygen atoms in total. The van der Waals surface area contributed by atoms with Crippen LogP contribution in [0.5, 0.6) is 0 Å². The van der Waals surface area contributed by atoms with Gasteiger partial charge >= 0.3 is 0 Å². The van der Waals surface area contributed by atoms with Crippen LogP contribution in [0, 0.1) is 6.92 Å². The van der Waals surface area contributed by atoms with Crippen LogP contribution in [-0.4, -0.2) is 29.7 Å². The Kier molecular flexibility index (Phi) is 6.76. The van der Waals surface area contributed by atoms with E-state index in [-0.39, 0.29) is 30.9 Å². The maximum atomic E-state index is 5.57. The summed E-state index contributed by atoms with van der Waals surface area (Å²) in [5.41, 5.74) is 0.972. The highest BCUT2D eigenvalue weighted by atomic mass is 35.5. The van der Waals surface area contributed by atoms with E-state index < -0.39 is 0 Å². The predicted octanol–water partition coefficient (Wildman–Crippen LogP) is 1.29. The Balaban J connectivity index is 0.000000980. The van der Waals surface area contributed by atoms with Crippen molar-refractivity contribution in [3.63, 3.8) is 0 Å². The van der Waals surface area contributed by atoms with Crippen LogP contribution in [0.1, 0.15) is 17.6 Å². The molecular formula is C9H15Cl2N3O. The lowest BCUT2D eigenvalue weighted by Crippen LogP contribution is -2.33. The molecule has 1 saturated heterocycles. The van der Waals surface area contributed by atoms with Crippen LogP contribution in [0.2, 0.25) is 0 Å². The van der Waals surface area contributed by atoms with E-state index in [0.717, 1.165) is 31.2 Å². The highest BCUT2D eigenvalue weighted by molar-refractivity contribution is 5.85. The molecule has 0 spiro atoms. The molecular weight excluding hydrogens is 237 g/mol. The van der Waals surface area contributed by atoms with Gasteiger partial charge in [0.1, 0.15) is 11.9 Å². The van der Waals surface area contributed by atoms with Crippen LogP contribution in [0.4, 0.5) is 0 Å². The van der Waals surface area contributed by atoms with Crippen molar-refractivity contribution < 1.29 is 4.74 Å². The van der Waals surface area contributed by atoms with E-state index >= 15 is 0 Å². The molecule has 0 amide bonds. The number of aryl methyl sites for hydroxylation is 1. The Bertz CT molecular complexity index is 292. The first-order valence-electron chi connectivity index (χ1n) is 4.48. The summed E-state index contributed by atoms with van der Waals surface area (Å²) in [5.74, 6) is 0.798. The topological polar surface area (TPSA) is 47.0 Å². The highest BCUT2D eigenvalue weighted by Gasteiger charge is 2.16. The highest BCUT2D eigenvalue weighted by Crippen LogP contribution is 2.15. The Morgan fingerprint density at radius 1 is 1.47 bits per heavy atom. The summed E-state index contributed by atoms with van der Waals surface area (Å²) in [4.78, 5) is 8.37. The molecule has 0 aliphatic carbocycles. The number of nitrogens with zero attached hydrogens (tertiary/aromatic N) is 2. The van der Waals surface area contributed by atoms with E-state index in [1.54, 1.807) is 6.20 Å². The zero-order valence-corrected chi connectivity index (χ0v) is 10.1. The van der Waals surface area contributed by atoms with Crippen LogP contribution >= 0.6 is 24.8 Å². The fourth-order valence-corrected chi connectivity index (χ4v) is 1.41. The van der Waals surface area contributed by atoms with Crippen molar-refractivity contribution in [3.05, 3.63) is 23.8 Å². The van der Waals surface area contributed by atoms with Crippen molar-refractivity contribution in [1.82, 2.24) is 15.3 Å².